The van der Waals surface area contributed by atoms with Crippen molar-refractivity contribution >= 4 is 22.2 Å². The molecule has 0 unspecified atom stereocenters. The van der Waals surface area contributed by atoms with E-state index in [-0.39, 0.29) is 11.4 Å². The number of rotatable bonds is 10. The van der Waals surface area contributed by atoms with Crippen molar-refractivity contribution in [2.75, 3.05) is 20.1 Å². The molecule has 0 amide bonds. The normalized spacial score (nSPS) is 15.2. The van der Waals surface area contributed by atoms with Gasteiger partial charge >= 0.3 is 0 Å². The molecule has 3 aromatic heterocycles. The van der Waals surface area contributed by atoms with E-state index in [4.69, 9.17) is 11.4 Å². The molecule has 1 aromatic carbocycles. The van der Waals surface area contributed by atoms with Crippen LogP contribution >= 0.6 is 0 Å². The Morgan fingerprint density at radius 3 is 2.64 bits per heavy atom. The third-order valence-corrected chi connectivity index (χ3v) is 7.94. The maximum Gasteiger partial charge on any atom is 0.157 e. The fourth-order valence-electron chi connectivity index (χ4n) is 5.70. The number of nitrogens with one attached hydrogen (secondary N) is 3. The molecule has 7 nitrogen and oxygen atoms in total. The highest BCUT2D eigenvalue weighted by atomic mass is 19.1. The van der Waals surface area contributed by atoms with Gasteiger partial charge in [0.1, 0.15) is 16.9 Å². The Morgan fingerprint density at radius 1 is 1.21 bits per heavy atom. The van der Waals surface area contributed by atoms with Gasteiger partial charge in [0.15, 0.2) is 11.6 Å². The number of hydrogen-bond acceptors (Lipinski definition) is 5. The lowest BCUT2D eigenvalue weighted by atomic mass is 10.00. The average molecular weight is 564 g/mol. The summed E-state index contributed by atoms with van der Waals surface area (Å²) in [5.74, 6) is 3.84. The Bertz CT molecular complexity index is 1680. The average Bonchev–Trinajstić information content (AvgIpc) is 3.76. The lowest BCUT2D eigenvalue weighted by Gasteiger charge is -2.11. The van der Waals surface area contributed by atoms with E-state index in [1.807, 2.05) is 37.3 Å². The van der Waals surface area contributed by atoms with E-state index in [9.17, 15) is 0 Å². The van der Waals surface area contributed by atoms with Gasteiger partial charge in [-0.3, -0.25) is 15.1 Å². The molecule has 0 saturated heterocycles. The maximum atomic E-state index is 15.4. The van der Waals surface area contributed by atoms with Crippen LogP contribution in [0.15, 0.2) is 59.4 Å². The zero-order valence-electron chi connectivity index (χ0n) is 24.8. The van der Waals surface area contributed by atoms with Crippen molar-refractivity contribution < 1.29 is 4.39 Å². The van der Waals surface area contributed by atoms with Crippen LogP contribution in [0, 0.1) is 24.1 Å². The summed E-state index contributed by atoms with van der Waals surface area (Å²) < 4.78 is 15.4. The molecule has 1 aliphatic rings. The van der Waals surface area contributed by atoms with Crippen LogP contribution in [-0.2, 0) is 0 Å². The molecule has 0 aliphatic heterocycles. The molecule has 0 bridgehead atoms. The number of aliphatic imine (C=N–C) groups is 1. The number of allylic oxidation sites excluding steroid dienone is 3. The summed E-state index contributed by atoms with van der Waals surface area (Å²) in [7, 11) is 1.75. The molecule has 1 saturated carbocycles. The summed E-state index contributed by atoms with van der Waals surface area (Å²) >= 11 is 0. The number of halogens is 1. The second-order valence-electron chi connectivity index (χ2n) is 11.1. The first kappa shape index (κ1) is 29.2. The topological polar surface area (TPSA) is 94.6 Å². The zero-order chi connectivity index (χ0) is 29.6. The predicted octanol–water partition coefficient (Wildman–Crippen LogP) is 6.82. The Balaban J connectivity index is 1.50. The lowest BCUT2D eigenvalue weighted by Crippen LogP contribution is -2.23. The molecular formula is C34H38FN7. The third-order valence-electron chi connectivity index (χ3n) is 7.94. The summed E-state index contributed by atoms with van der Waals surface area (Å²) in [6.45, 7) is 7.71. The second kappa shape index (κ2) is 13.1. The molecule has 216 valence electrons. The predicted molar refractivity (Wildman–Crippen MR) is 169 cm³/mol. The Labute approximate surface area is 246 Å². The van der Waals surface area contributed by atoms with Gasteiger partial charge in [0, 0.05) is 48.2 Å². The van der Waals surface area contributed by atoms with Crippen molar-refractivity contribution in [3.8, 4) is 23.9 Å². The molecule has 3 heterocycles. The molecule has 42 heavy (non-hydrogen) atoms. The highest BCUT2D eigenvalue weighted by Crippen LogP contribution is 2.32. The second-order valence-corrected chi connectivity index (χ2v) is 11.1. The van der Waals surface area contributed by atoms with Crippen molar-refractivity contribution in [3.05, 3.63) is 82.7 Å². The van der Waals surface area contributed by atoms with Gasteiger partial charge in [-0.1, -0.05) is 38.7 Å². The van der Waals surface area contributed by atoms with Gasteiger partial charge in [0.05, 0.1) is 5.71 Å². The number of fused-ring (bicyclic) bond motifs is 1. The van der Waals surface area contributed by atoms with Crippen LogP contribution in [0.1, 0.15) is 74.9 Å². The number of terminal acetylenes is 1. The van der Waals surface area contributed by atoms with E-state index in [1.165, 1.54) is 31.7 Å². The monoisotopic (exact) mass is 563 g/mol. The van der Waals surface area contributed by atoms with Crippen molar-refractivity contribution in [1.29, 1.82) is 0 Å². The van der Waals surface area contributed by atoms with Gasteiger partial charge in [0.25, 0.3) is 0 Å². The van der Waals surface area contributed by atoms with Gasteiger partial charge in [-0.15, -0.1) is 6.42 Å². The minimum absolute atomic E-state index is 0.144. The summed E-state index contributed by atoms with van der Waals surface area (Å²) in [6.07, 6.45) is 18.4. The van der Waals surface area contributed by atoms with Crippen molar-refractivity contribution in [3.63, 3.8) is 0 Å². The van der Waals surface area contributed by atoms with E-state index in [0.717, 1.165) is 51.8 Å². The lowest BCUT2D eigenvalue weighted by molar-refractivity contribution is 0.503. The Hall–Kier alpha value is -4.35. The largest absolute Gasteiger partial charge is 0.340 e. The molecule has 1 aliphatic carbocycles. The number of aromatic nitrogens is 5. The number of nitrogens with zero attached hydrogens (tertiary/aromatic N) is 4. The third kappa shape index (κ3) is 6.12. The molecule has 3 N–H and O–H groups in total. The van der Waals surface area contributed by atoms with E-state index in [1.54, 1.807) is 19.4 Å². The SMILES string of the molecule is C#C/C(=C\C(=C/C)c1cc(F)c2n[nH]c(-c3nc(C(=NC)c4ccncc4)c(C(C)C)[nH]3)c2c1)CNCC1CCCC1. The first-order chi connectivity index (χ1) is 20.4. The Kier molecular flexibility index (Phi) is 9.09. The minimum atomic E-state index is -0.414. The standard InChI is InChI=1S/C34H38FN7/c1-6-22(19-38-20-23-10-8-9-11-23)16-24(7-2)26-17-27-31(28(35)18-26)41-42-32(27)34-39-29(21(3)4)33(40-34)30(36-5)25-12-14-37-15-13-25/h1,7,12-18,21,23,38H,8-11,19-20H2,2-5H3,(H,39,40)(H,41,42)/b22-16+,24-7+,36-30?. The fourth-order valence-corrected chi connectivity index (χ4v) is 5.70. The summed E-state index contributed by atoms with van der Waals surface area (Å²) in [5, 5.41) is 11.5. The van der Waals surface area contributed by atoms with Crippen molar-refractivity contribution in [1.82, 2.24) is 30.5 Å². The highest BCUT2D eigenvalue weighted by Gasteiger charge is 2.23. The van der Waals surface area contributed by atoms with Gasteiger partial charge in [0.2, 0.25) is 0 Å². The summed E-state index contributed by atoms with van der Waals surface area (Å²) in [5.41, 5.74) is 6.61. The van der Waals surface area contributed by atoms with Gasteiger partial charge < -0.3 is 10.3 Å². The number of benzene rings is 1. The van der Waals surface area contributed by atoms with Gasteiger partial charge in [-0.05, 0) is 79.6 Å². The van der Waals surface area contributed by atoms with Crippen LogP contribution in [0.5, 0.6) is 0 Å². The quantitative estimate of drug-likeness (QED) is 0.112. The van der Waals surface area contributed by atoms with Crippen LogP contribution in [0.3, 0.4) is 0 Å². The van der Waals surface area contributed by atoms with E-state index in [0.29, 0.717) is 23.4 Å². The first-order valence-corrected chi connectivity index (χ1v) is 14.6. The fraction of sp³-hybridized carbons (Fsp3) is 0.353. The van der Waals surface area contributed by atoms with E-state index < -0.39 is 5.82 Å². The number of aromatic amines is 2. The molecular weight excluding hydrogens is 525 g/mol. The molecule has 1 fully saturated rings. The van der Waals surface area contributed by atoms with Crippen LogP contribution in [0.25, 0.3) is 28.0 Å². The van der Waals surface area contributed by atoms with Crippen LogP contribution in [-0.4, -0.2) is 51.0 Å². The van der Waals surface area contributed by atoms with Crippen LogP contribution in [0.4, 0.5) is 4.39 Å². The number of imidazole rings is 1. The summed E-state index contributed by atoms with van der Waals surface area (Å²) in [6, 6.07) is 7.28. The van der Waals surface area contributed by atoms with Crippen LogP contribution in [0.2, 0.25) is 0 Å². The molecule has 5 rings (SSSR count). The molecule has 0 radical (unpaired) electrons. The Morgan fingerprint density at radius 2 is 1.98 bits per heavy atom. The first-order valence-electron chi connectivity index (χ1n) is 14.6. The van der Waals surface area contributed by atoms with Crippen LogP contribution < -0.4 is 5.32 Å². The molecule has 0 atom stereocenters. The summed E-state index contributed by atoms with van der Waals surface area (Å²) in [4.78, 5) is 17.1. The number of H-pyrrole nitrogens is 2. The van der Waals surface area contributed by atoms with Gasteiger partial charge in [-0.25, -0.2) is 9.37 Å². The van der Waals surface area contributed by atoms with Crippen molar-refractivity contribution in [2.45, 2.75) is 52.4 Å². The smallest absolute Gasteiger partial charge is 0.157 e. The molecule has 0 spiro atoms. The molecule has 8 heteroatoms. The number of hydrogen-bond donors (Lipinski definition) is 3. The zero-order valence-corrected chi connectivity index (χ0v) is 24.8. The highest BCUT2D eigenvalue weighted by molar-refractivity contribution is 6.12. The maximum absolute atomic E-state index is 15.4. The number of pyridine rings is 1. The molecule has 4 aromatic rings. The van der Waals surface area contributed by atoms with E-state index in [2.05, 4.69) is 50.2 Å². The van der Waals surface area contributed by atoms with Crippen molar-refractivity contribution in [2.24, 2.45) is 10.9 Å². The van der Waals surface area contributed by atoms with E-state index >= 15 is 4.39 Å². The minimum Gasteiger partial charge on any atom is -0.340 e. The van der Waals surface area contributed by atoms with Gasteiger partial charge in [-0.2, -0.15) is 5.10 Å².